The van der Waals surface area contributed by atoms with Gasteiger partial charge in [-0.05, 0) is 73.8 Å². The number of pyridine rings is 1. The minimum Gasteiger partial charge on any atom is -0.321 e. The summed E-state index contributed by atoms with van der Waals surface area (Å²) in [6.07, 6.45) is 0.343. The number of hydrogen-bond acceptors (Lipinski definition) is 7. The van der Waals surface area contributed by atoms with Crippen molar-refractivity contribution in [1.82, 2.24) is 29.4 Å². The number of fused-ring (bicyclic) bond motifs is 1. The lowest BCUT2D eigenvalue weighted by Crippen LogP contribution is -2.45. The number of aryl methyl sites for hydroxylation is 1. The van der Waals surface area contributed by atoms with E-state index >= 15 is 0 Å². The van der Waals surface area contributed by atoms with E-state index < -0.39 is 17.6 Å². The van der Waals surface area contributed by atoms with E-state index in [9.17, 15) is 22.8 Å². The van der Waals surface area contributed by atoms with Gasteiger partial charge in [-0.15, -0.1) is 0 Å². The first-order valence-electron chi connectivity index (χ1n) is 14.7. The highest BCUT2D eigenvalue weighted by molar-refractivity contribution is 6.03. The average molecular weight is 607 g/mol. The molecule has 10 nitrogen and oxygen atoms in total. The Hall–Kier alpha value is -4.36. The largest absolute Gasteiger partial charge is 0.416 e. The number of halogens is 3. The molecule has 230 valence electrons. The topological polar surface area (TPSA) is 108 Å². The van der Waals surface area contributed by atoms with Crippen molar-refractivity contribution >= 4 is 29.0 Å². The number of nitrogens with zero attached hydrogens (tertiary/aromatic N) is 6. The molecule has 3 aromatic heterocycles. The van der Waals surface area contributed by atoms with Crippen LogP contribution in [0.25, 0.3) is 16.9 Å². The third kappa shape index (κ3) is 6.73. The van der Waals surface area contributed by atoms with Crippen LogP contribution in [0.15, 0.2) is 48.8 Å². The Kier molecular flexibility index (Phi) is 8.08. The van der Waals surface area contributed by atoms with Gasteiger partial charge < -0.3 is 15.5 Å². The van der Waals surface area contributed by atoms with E-state index in [-0.39, 0.29) is 23.2 Å². The van der Waals surface area contributed by atoms with Gasteiger partial charge in [0.15, 0.2) is 11.5 Å². The predicted molar refractivity (Wildman–Crippen MR) is 159 cm³/mol. The molecule has 2 amide bonds. The third-order valence-electron chi connectivity index (χ3n) is 8.03. The summed E-state index contributed by atoms with van der Waals surface area (Å²) in [6.45, 7) is 8.45. The van der Waals surface area contributed by atoms with Gasteiger partial charge in [0.25, 0.3) is 5.91 Å². The standard InChI is InChI=1S/C31H33F3N8O2/c1-3-40-8-10-41(11-9-40)17-20-12-22(31(32,33)34)14-23(13-20)36-30(44)26-15-24(19(2)16-35-26)25-6-7-28-37-27(18-42(28)39-25)38-29(43)21-4-5-21/h6-7,12-16,18,21H,3-5,8-11,17H2,1-2H3,(H,36,44)(H,38,43). The summed E-state index contributed by atoms with van der Waals surface area (Å²) in [5.74, 6) is -0.253. The first-order chi connectivity index (χ1) is 21.1. The van der Waals surface area contributed by atoms with Crippen LogP contribution < -0.4 is 10.6 Å². The van der Waals surface area contributed by atoms with E-state index in [1.165, 1.54) is 6.20 Å². The number of benzene rings is 1. The van der Waals surface area contributed by atoms with Crippen LogP contribution in [-0.4, -0.2) is 73.9 Å². The normalized spacial score (nSPS) is 16.3. The molecule has 0 unspecified atom stereocenters. The van der Waals surface area contributed by atoms with Crippen LogP contribution in [0.2, 0.25) is 0 Å². The monoisotopic (exact) mass is 606 g/mol. The molecule has 1 aliphatic heterocycles. The first kappa shape index (κ1) is 29.7. The molecule has 0 radical (unpaired) electrons. The second-order valence-corrected chi connectivity index (χ2v) is 11.4. The van der Waals surface area contributed by atoms with E-state index in [1.807, 2.05) is 6.92 Å². The van der Waals surface area contributed by atoms with Gasteiger partial charge in [0.1, 0.15) is 5.69 Å². The number of nitrogens with one attached hydrogen (secondary N) is 2. The molecule has 2 aliphatic rings. The fourth-order valence-corrected chi connectivity index (χ4v) is 5.32. The number of hydrogen-bond donors (Lipinski definition) is 2. The second-order valence-electron chi connectivity index (χ2n) is 11.4. The molecule has 6 rings (SSSR count). The molecular formula is C31H33F3N8O2. The van der Waals surface area contributed by atoms with Gasteiger partial charge in [-0.2, -0.15) is 18.3 Å². The van der Waals surface area contributed by atoms with Crippen LogP contribution in [0.5, 0.6) is 0 Å². The minimum absolute atomic E-state index is 0.0326. The Labute approximate surface area is 252 Å². The van der Waals surface area contributed by atoms with Crippen LogP contribution in [0, 0.1) is 12.8 Å². The van der Waals surface area contributed by atoms with Crippen LogP contribution >= 0.6 is 0 Å². The van der Waals surface area contributed by atoms with Crippen molar-refractivity contribution < 1.29 is 22.8 Å². The Morgan fingerprint density at radius 1 is 1.00 bits per heavy atom. The molecular weight excluding hydrogens is 573 g/mol. The Bertz CT molecular complexity index is 1710. The summed E-state index contributed by atoms with van der Waals surface area (Å²) in [5.41, 5.74) is 2.19. The maximum Gasteiger partial charge on any atom is 0.416 e. The van der Waals surface area contributed by atoms with E-state index in [4.69, 9.17) is 0 Å². The SMILES string of the molecule is CCN1CCN(Cc2cc(NC(=O)c3cc(-c4ccc5nc(NC(=O)C6CC6)cn5n4)c(C)cn3)cc(C(F)(F)F)c2)CC1. The van der Waals surface area contributed by atoms with E-state index in [0.29, 0.717) is 34.8 Å². The molecule has 1 saturated carbocycles. The number of imidazole rings is 1. The van der Waals surface area contributed by atoms with Crippen LogP contribution in [0.4, 0.5) is 24.7 Å². The third-order valence-corrected chi connectivity index (χ3v) is 8.03. The van der Waals surface area contributed by atoms with Gasteiger partial charge in [-0.1, -0.05) is 6.92 Å². The molecule has 13 heteroatoms. The van der Waals surface area contributed by atoms with Crippen molar-refractivity contribution in [2.75, 3.05) is 43.4 Å². The molecule has 2 fully saturated rings. The summed E-state index contributed by atoms with van der Waals surface area (Å²) < 4.78 is 43.0. The highest BCUT2D eigenvalue weighted by Crippen LogP contribution is 2.33. The molecule has 1 saturated heterocycles. The number of aromatic nitrogens is 4. The molecule has 4 aromatic rings. The van der Waals surface area contributed by atoms with Crippen LogP contribution in [0.1, 0.15) is 46.9 Å². The smallest absolute Gasteiger partial charge is 0.321 e. The molecule has 1 aliphatic carbocycles. The number of anilines is 2. The Balaban J connectivity index is 1.22. The number of rotatable bonds is 8. The van der Waals surface area contributed by atoms with Crippen molar-refractivity contribution in [2.45, 2.75) is 39.4 Å². The lowest BCUT2D eigenvalue weighted by molar-refractivity contribution is -0.137. The zero-order valence-electron chi connectivity index (χ0n) is 24.5. The van der Waals surface area contributed by atoms with Crippen molar-refractivity contribution in [3.8, 4) is 11.3 Å². The number of piperazine rings is 1. The maximum absolute atomic E-state index is 13.8. The van der Waals surface area contributed by atoms with Crippen molar-refractivity contribution in [2.24, 2.45) is 5.92 Å². The molecule has 2 N–H and O–H groups in total. The Morgan fingerprint density at radius 2 is 1.75 bits per heavy atom. The van der Waals surface area contributed by atoms with Gasteiger partial charge in [-0.3, -0.25) is 19.5 Å². The van der Waals surface area contributed by atoms with Crippen molar-refractivity contribution in [3.63, 3.8) is 0 Å². The fraction of sp³-hybridized carbons (Fsp3) is 0.387. The van der Waals surface area contributed by atoms with E-state index in [2.05, 4.69) is 42.4 Å². The zero-order valence-corrected chi connectivity index (χ0v) is 24.5. The van der Waals surface area contributed by atoms with Crippen molar-refractivity contribution in [3.05, 3.63) is 71.2 Å². The molecule has 44 heavy (non-hydrogen) atoms. The molecule has 1 aromatic carbocycles. The fourth-order valence-electron chi connectivity index (χ4n) is 5.32. The number of carbonyl (C=O) groups excluding carboxylic acids is 2. The number of carbonyl (C=O) groups is 2. The summed E-state index contributed by atoms with van der Waals surface area (Å²) >= 11 is 0. The molecule has 0 spiro atoms. The molecule has 4 heterocycles. The summed E-state index contributed by atoms with van der Waals surface area (Å²) in [7, 11) is 0. The van der Waals surface area contributed by atoms with Gasteiger partial charge in [0.05, 0.1) is 17.5 Å². The minimum atomic E-state index is -4.57. The van der Waals surface area contributed by atoms with Gasteiger partial charge in [-0.25, -0.2) is 9.50 Å². The first-order valence-corrected chi connectivity index (χ1v) is 14.7. The van der Waals surface area contributed by atoms with E-state index in [1.54, 1.807) is 35.0 Å². The second kappa shape index (κ2) is 12.0. The number of alkyl halides is 3. The van der Waals surface area contributed by atoms with E-state index in [0.717, 1.165) is 63.3 Å². The number of amides is 2. The highest BCUT2D eigenvalue weighted by Gasteiger charge is 2.32. The lowest BCUT2D eigenvalue weighted by Gasteiger charge is -2.34. The molecule has 0 atom stereocenters. The summed E-state index contributed by atoms with van der Waals surface area (Å²) in [6, 6.07) is 8.74. The molecule has 0 bridgehead atoms. The maximum atomic E-state index is 13.8. The van der Waals surface area contributed by atoms with Crippen molar-refractivity contribution in [1.29, 1.82) is 0 Å². The van der Waals surface area contributed by atoms with Crippen LogP contribution in [0.3, 0.4) is 0 Å². The zero-order chi connectivity index (χ0) is 31.0. The van der Waals surface area contributed by atoms with Gasteiger partial charge in [0.2, 0.25) is 5.91 Å². The Morgan fingerprint density at radius 3 is 2.45 bits per heavy atom. The quantitative estimate of drug-likeness (QED) is 0.295. The number of likely N-dealkylation sites (N-methyl/N-ethyl adjacent to an activating group) is 1. The summed E-state index contributed by atoms with van der Waals surface area (Å²) in [4.78, 5) is 38.5. The average Bonchev–Trinajstić information content (AvgIpc) is 3.77. The highest BCUT2D eigenvalue weighted by atomic mass is 19.4. The van der Waals surface area contributed by atoms with Gasteiger partial charge >= 0.3 is 6.18 Å². The van der Waals surface area contributed by atoms with Gasteiger partial charge in [0, 0.05) is 56.1 Å². The predicted octanol–water partition coefficient (Wildman–Crippen LogP) is 4.86. The summed E-state index contributed by atoms with van der Waals surface area (Å²) in [5, 5.41) is 10.0. The lowest BCUT2D eigenvalue weighted by atomic mass is 10.1. The van der Waals surface area contributed by atoms with Crippen LogP contribution in [-0.2, 0) is 17.5 Å².